The molecule has 9 N–H and O–H groups in total. The van der Waals surface area contributed by atoms with Crippen LogP contribution in [0.1, 0.15) is 12.1 Å². The summed E-state index contributed by atoms with van der Waals surface area (Å²) in [4.78, 5) is 11.9. The summed E-state index contributed by atoms with van der Waals surface area (Å²) in [5.41, 5.74) is 22.4. The van der Waals surface area contributed by atoms with E-state index < -0.39 is 5.66 Å². The Balaban J connectivity index is 2.67. The Labute approximate surface area is 97.5 Å². The highest BCUT2D eigenvalue weighted by Crippen LogP contribution is 2.34. The number of hydrogen-bond donors (Lipinski definition) is 5. The van der Waals surface area contributed by atoms with Crippen molar-refractivity contribution in [2.24, 2.45) is 16.5 Å². The Kier molecular flexibility index (Phi) is 2.26. The fourth-order valence-electron chi connectivity index (χ4n) is 1.64. The van der Waals surface area contributed by atoms with Gasteiger partial charge in [-0.2, -0.15) is 4.98 Å². The maximum atomic E-state index is 6.06. The van der Waals surface area contributed by atoms with Gasteiger partial charge < -0.3 is 28.3 Å². The Hall–Kier alpha value is -2.53. The van der Waals surface area contributed by atoms with Gasteiger partial charge in [-0.15, -0.1) is 12.3 Å². The predicted octanol–water partition coefficient (Wildman–Crippen LogP) is -1.48. The lowest BCUT2D eigenvalue weighted by molar-refractivity contribution is 0.464. The molecule has 1 atom stereocenters. The van der Waals surface area contributed by atoms with E-state index in [9.17, 15) is 0 Å². The van der Waals surface area contributed by atoms with Gasteiger partial charge in [0.25, 0.3) is 0 Å². The van der Waals surface area contributed by atoms with Crippen LogP contribution >= 0.6 is 0 Å². The van der Waals surface area contributed by atoms with Crippen molar-refractivity contribution in [3.63, 3.8) is 0 Å². The third-order valence-corrected chi connectivity index (χ3v) is 2.31. The van der Waals surface area contributed by atoms with Gasteiger partial charge in [0.1, 0.15) is 11.4 Å². The second-order valence-electron chi connectivity index (χ2n) is 3.62. The van der Waals surface area contributed by atoms with Crippen LogP contribution in [0.3, 0.4) is 0 Å². The first kappa shape index (κ1) is 11.0. The van der Waals surface area contributed by atoms with E-state index in [1.807, 2.05) is 0 Å². The van der Waals surface area contributed by atoms with E-state index in [4.69, 9.17) is 29.4 Å². The van der Waals surface area contributed by atoms with Gasteiger partial charge >= 0.3 is 0 Å². The molecule has 1 aliphatic heterocycles. The SMILES string of the molecule is C#CCC1(N)N=C(N)Nc2c(N)nc(N)nc21. The zero-order chi connectivity index (χ0) is 12.6. The number of anilines is 3. The Morgan fingerprint density at radius 2 is 2.00 bits per heavy atom. The van der Waals surface area contributed by atoms with Gasteiger partial charge in [0, 0.05) is 0 Å². The van der Waals surface area contributed by atoms with E-state index in [2.05, 4.69) is 26.2 Å². The molecule has 1 aromatic rings. The van der Waals surface area contributed by atoms with Gasteiger partial charge in [-0.3, -0.25) is 0 Å². The molecular formula is C9H12N8. The molecule has 8 heteroatoms. The van der Waals surface area contributed by atoms with Crippen LogP contribution in [0.4, 0.5) is 17.5 Å². The topological polar surface area (TPSA) is 154 Å². The standard InChI is InChI=1S/C9H12N8/c1-2-3-9(13)5-4(14-8(12)17-9)6(10)16-7(11)15-5/h1H,3,13H2,(H3,12,14,17)(H4,10,11,15,16). The van der Waals surface area contributed by atoms with Gasteiger partial charge in [-0.05, 0) is 0 Å². The lowest BCUT2D eigenvalue weighted by Gasteiger charge is -2.30. The summed E-state index contributed by atoms with van der Waals surface area (Å²) in [6, 6.07) is 0. The molecule has 17 heavy (non-hydrogen) atoms. The number of nitrogens with zero attached hydrogens (tertiary/aromatic N) is 3. The molecule has 0 fully saturated rings. The molecule has 1 aliphatic rings. The van der Waals surface area contributed by atoms with Crippen LogP contribution in [0.5, 0.6) is 0 Å². The van der Waals surface area contributed by atoms with Crippen molar-refractivity contribution in [2.75, 3.05) is 16.8 Å². The van der Waals surface area contributed by atoms with E-state index in [1.54, 1.807) is 0 Å². The van der Waals surface area contributed by atoms with E-state index >= 15 is 0 Å². The number of nitrogens with two attached hydrogens (primary N) is 4. The highest BCUT2D eigenvalue weighted by Gasteiger charge is 2.36. The molecule has 8 nitrogen and oxygen atoms in total. The number of guanidine groups is 1. The molecule has 1 aromatic heterocycles. The summed E-state index contributed by atoms with van der Waals surface area (Å²) in [5.74, 6) is 2.68. The Morgan fingerprint density at radius 1 is 1.29 bits per heavy atom. The van der Waals surface area contributed by atoms with Gasteiger partial charge in [-0.25, -0.2) is 9.98 Å². The zero-order valence-electron chi connectivity index (χ0n) is 8.94. The van der Waals surface area contributed by atoms with Crippen LogP contribution in [-0.2, 0) is 5.66 Å². The largest absolute Gasteiger partial charge is 0.382 e. The molecule has 0 spiro atoms. The van der Waals surface area contributed by atoms with Gasteiger partial charge in [0.2, 0.25) is 5.95 Å². The second-order valence-corrected chi connectivity index (χ2v) is 3.62. The first-order valence-electron chi connectivity index (χ1n) is 4.74. The summed E-state index contributed by atoms with van der Waals surface area (Å²) in [5, 5.41) is 2.74. The van der Waals surface area contributed by atoms with Crippen molar-refractivity contribution < 1.29 is 0 Å². The lowest BCUT2D eigenvalue weighted by atomic mass is 10.0. The lowest BCUT2D eigenvalue weighted by Crippen LogP contribution is -2.44. The molecule has 1 unspecified atom stereocenters. The smallest absolute Gasteiger partial charge is 0.222 e. The van der Waals surface area contributed by atoms with Crippen LogP contribution in [0, 0.1) is 12.3 Å². The van der Waals surface area contributed by atoms with E-state index in [-0.39, 0.29) is 24.1 Å². The molecule has 0 amide bonds. The van der Waals surface area contributed by atoms with E-state index in [1.165, 1.54) is 0 Å². The normalized spacial score (nSPS) is 22.0. The number of aromatic nitrogens is 2. The monoisotopic (exact) mass is 232 g/mol. The van der Waals surface area contributed by atoms with Crippen molar-refractivity contribution in [1.82, 2.24) is 9.97 Å². The van der Waals surface area contributed by atoms with Crippen LogP contribution in [-0.4, -0.2) is 15.9 Å². The summed E-state index contributed by atoms with van der Waals surface area (Å²) >= 11 is 0. The highest BCUT2D eigenvalue weighted by molar-refractivity contribution is 5.97. The summed E-state index contributed by atoms with van der Waals surface area (Å²) in [6.45, 7) is 0. The molecule has 0 aliphatic carbocycles. The van der Waals surface area contributed by atoms with Gasteiger partial charge in [-0.1, -0.05) is 0 Å². The number of aliphatic imine (C=N–C) groups is 1. The third-order valence-electron chi connectivity index (χ3n) is 2.31. The number of terminal acetylenes is 1. The molecule has 2 heterocycles. The van der Waals surface area contributed by atoms with E-state index in [0.717, 1.165) is 0 Å². The number of fused-ring (bicyclic) bond motifs is 1. The predicted molar refractivity (Wildman–Crippen MR) is 65.4 cm³/mol. The summed E-state index contributed by atoms with van der Waals surface area (Å²) < 4.78 is 0. The average molecular weight is 232 g/mol. The maximum Gasteiger partial charge on any atom is 0.222 e. The first-order valence-corrected chi connectivity index (χ1v) is 4.74. The quantitative estimate of drug-likeness (QED) is 0.370. The second kappa shape index (κ2) is 3.50. The van der Waals surface area contributed by atoms with Crippen LogP contribution < -0.4 is 28.3 Å². The third kappa shape index (κ3) is 1.68. The van der Waals surface area contributed by atoms with Crippen LogP contribution in [0.25, 0.3) is 0 Å². The maximum absolute atomic E-state index is 6.06. The molecule has 0 bridgehead atoms. The van der Waals surface area contributed by atoms with Crippen molar-refractivity contribution >= 4 is 23.4 Å². The molecule has 88 valence electrons. The fourth-order valence-corrected chi connectivity index (χ4v) is 1.64. The van der Waals surface area contributed by atoms with Crippen molar-refractivity contribution in [2.45, 2.75) is 12.1 Å². The molecule has 2 rings (SSSR count). The van der Waals surface area contributed by atoms with Crippen LogP contribution in [0.2, 0.25) is 0 Å². The van der Waals surface area contributed by atoms with E-state index in [0.29, 0.717) is 11.4 Å². The molecule has 0 saturated heterocycles. The fraction of sp³-hybridized carbons (Fsp3) is 0.222. The number of hydrogen-bond acceptors (Lipinski definition) is 8. The minimum Gasteiger partial charge on any atom is -0.382 e. The minimum atomic E-state index is -1.23. The van der Waals surface area contributed by atoms with Gasteiger partial charge in [0.05, 0.1) is 6.42 Å². The zero-order valence-corrected chi connectivity index (χ0v) is 8.94. The minimum absolute atomic E-state index is 0.00516. The Bertz CT molecular complexity index is 543. The van der Waals surface area contributed by atoms with Crippen LogP contribution in [0.15, 0.2) is 4.99 Å². The van der Waals surface area contributed by atoms with Crippen molar-refractivity contribution in [3.8, 4) is 12.3 Å². The summed E-state index contributed by atoms with van der Waals surface area (Å²) in [6.07, 6.45) is 5.38. The summed E-state index contributed by atoms with van der Waals surface area (Å²) in [7, 11) is 0. The van der Waals surface area contributed by atoms with Crippen molar-refractivity contribution in [1.29, 1.82) is 0 Å². The molecular weight excluding hydrogens is 220 g/mol. The number of rotatable bonds is 1. The molecule has 0 saturated carbocycles. The molecule has 0 radical (unpaired) electrons. The number of nitrogen functional groups attached to an aromatic ring is 2. The number of nitrogens with one attached hydrogen (secondary N) is 1. The average Bonchev–Trinajstić information content (AvgIpc) is 2.20. The Morgan fingerprint density at radius 3 is 2.65 bits per heavy atom. The highest BCUT2D eigenvalue weighted by atomic mass is 15.2. The molecule has 0 aromatic carbocycles. The van der Waals surface area contributed by atoms with Crippen molar-refractivity contribution in [3.05, 3.63) is 5.69 Å². The first-order chi connectivity index (χ1) is 7.96. The van der Waals surface area contributed by atoms with Gasteiger partial charge in [0.15, 0.2) is 17.4 Å².